The van der Waals surface area contributed by atoms with E-state index in [9.17, 15) is 13.6 Å². The van der Waals surface area contributed by atoms with Crippen LogP contribution in [0.3, 0.4) is 0 Å². The number of aromatic nitrogens is 3. The minimum atomic E-state index is -0.456. The van der Waals surface area contributed by atoms with E-state index >= 15 is 0 Å². The number of imidazole rings is 1. The largest absolute Gasteiger partial charge is 0.348 e. The van der Waals surface area contributed by atoms with Crippen LogP contribution in [0.1, 0.15) is 64.5 Å². The number of likely N-dealkylation sites (tertiary alicyclic amines) is 1. The van der Waals surface area contributed by atoms with E-state index in [2.05, 4.69) is 31.1 Å². The second-order valence-electron chi connectivity index (χ2n) is 10.6. The van der Waals surface area contributed by atoms with E-state index in [4.69, 9.17) is 5.10 Å². The number of halogens is 2. The molecule has 4 heterocycles. The Morgan fingerprint density at radius 1 is 1.06 bits per heavy atom. The predicted octanol–water partition coefficient (Wildman–Crippen LogP) is 5.78. The van der Waals surface area contributed by atoms with Crippen molar-refractivity contribution in [2.75, 3.05) is 23.3 Å². The second-order valence-corrected chi connectivity index (χ2v) is 10.6. The lowest BCUT2D eigenvalue weighted by molar-refractivity contribution is 0.0946. The van der Waals surface area contributed by atoms with Crippen LogP contribution in [-0.4, -0.2) is 44.7 Å². The number of rotatable bonds is 3. The Hall–Kier alpha value is -3.23. The van der Waals surface area contributed by atoms with Crippen LogP contribution >= 0.6 is 0 Å². The van der Waals surface area contributed by atoms with E-state index in [0.29, 0.717) is 35.8 Å². The van der Waals surface area contributed by atoms with Crippen LogP contribution in [0.15, 0.2) is 36.5 Å². The van der Waals surface area contributed by atoms with Gasteiger partial charge in [0.05, 0.1) is 12.2 Å². The first-order valence-electron chi connectivity index (χ1n) is 12.4. The SMILES string of the molecule is CC(C)(C)C1CCCCN1C(=O)Nc1cnc2ccc(N3CCC[C@@H]3c3cc(F)ccc3F)nn12. The van der Waals surface area contributed by atoms with Crippen LogP contribution in [0, 0.1) is 17.0 Å². The van der Waals surface area contributed by atoms with Crippen molar-refractivity contribution in [3.63, 3.8) is 0 Å². The average molecular weight is 483 g/mol. The number of amides is 2. The van der Waals surface area contributed by atoms with E-state index in [1.54, 1.807) is 10.7 Å². The van der Waals surface area contributed by atoms with Gasteiger partial charge in [0.2, 0.25) is 0 Å². The molecule has 0 radical (unpaired) electrons. The summed E-state index contributed by atoms with van der Waals surface area (Å²) < 4.78 is 30.0. The first-order chi connectivity index (χ1) is 16.7. The average Bonchev–Trinajstić information content (AvgIpc) is 3.47. The monoisotopic (exact) mass is 482 g/mol. The molecule has 1 unspecified atom stereocenters. The highest BCUT2D eigenvalue weighted by molar-refractivity contribution is 5.89. The van der Waals surface area contributed by atoms with E-state index in [1.165, 1.54) is 12.1 Å². The summed E-state index contributed by atoms with van der Waals surface area (Å²) in [6, 6.07) is 6.94. The smallest absolute Gasteiger partial charge is 0.323 e. The molecule has 0 aliphatic carbocycles. The van der Waals surface area contributed by atoms with E-state index < -0.39 is 11.6 Å². The maximum Gasteiger partial charge on any atom is 0.323 e. The number of urea groups is 1. The number of carbonyl (C=O) groups excluding carboxylic acids is 1. The van der Waals surface area contributed by atoms with Gasteiger partial charge in [0.15, 0.2) is 11.5 Å². The first-order valence-corrected chi connectivity index (χ1v) is 12.4. The summed E-state index contributed by atoms with van der Waals surface area (Å²) in [6.45, 7) is 7.89. The van der Waals surface area contributed by atoms with E-state index in [-0.39, 0.29) is 23.5 Å². The molecule has 2 saturated heterocycles. The molecular formula is C26H32F2N6O. The number of nitrogens with one attached hydrogen (secondary N) is 1. The van der Waals surface area contributed by atoms with Crippen LogP contribution in [-0.2, 0) is 0 Å². The molecule has 9 heteroatoms. The quantitative estimate of drug-likeness (QED) is 0.514. The van der Waals surface area contributed by atoms with Gasteiger partial charge >= 0.3 is 6.03 Å². The van der Waals surface area contributed by atoms with Gasteiger partial charge in [-0.15, -0.1) is 5.10 Å². The molecule has 2 atom stereocenters. The van der Waals surface area contributed by atoms with Crippen LogP contribution < -0.4 is 10.2 Å². The minimum Gasteiger partial charge on any atom is -0.348 e. The molecule has 0 spiro atoms. The third kappa shape index (κ3) is 4.56. The zero-order valence-electron chi connectivity index (χ0n) is 20.5. The molecule has 186 valence electrons. The van der Waals surface area contributed by atoms with Gasteiger partial charge in [-0.2, -0.15) is 4.52 Å². The molecule has 7 nitrogen and oxygen atoms in total. The second kappa shape index (κ2) is 9.09. The molecule has 0 saturated carbocycles. The van der Waals surface area contributed by atoms with Gasteiger partial charge in [-0.3, -0.25) is 5.32 Å². The Bertz CT molecular complexity index is 1240. The molecule has 3 aromatic rings. The zero-order chi connectivity index (χ0) is 24.7. The molecule has 0 bridgehead atoms. The summed E-state index contributed by atoms with van der Waals surface area (Å²) >= 11 is 0. The summed E-state index contributed by atoms with van der Waals surface area (Å²) in [6.07, 6.45) is 6.25. The van der Waals surface area contributed by atoms with Gasteiger partial charge in [-0.05, 0) is 67.9 Å². The number of benzene rings is 1. The summed E-state index contributed by atoms with van der Waals surface area (Å²) in [5.74, 6) is 0.234. The fraction of sp³-hybridized carbons (Fsp3) is 0.500. The Morgan fingerprint density at radius 2 is 1.89 bits per heavy atom. The first kappa shape index (κ1) is 23.5. The molecule has 1 aromatic carbocycles. The van der Waals surface area contributed by atoms with Gasteiger partial charge in [0, 0.05) is 24.7 Å². The lowest BCUT2D eigenvalue weighted by Crippen LogP contribution is -2.51. The Morgan fingerprint density at radius 3 is 2.69 bits per heavy atom. The standard InChI is InChI=1S/C26H32F2N6O/c1-26(2,3)21-8-4-5-13-33(21)25(35)30-24-16-29-22-11-12-23(31-34(22)24)32-14-6-7-20(32)18-15-17(27)9-10-19(18)28/h9-12,15-16,20-21H,4-8,13-14H2,1-3H3,(H,30,35)/t20-,21?/m1/s1. The van der Waals surface area contributed by atoms with Gasteiger partial charge in [-0.25, -0.2) is 18.6 Å². The molecular weight excluding hydrogens is 450 g/mol. The third-order valence-corrected chi connectivity index (χ3v) is 7.21. The van der Waals surface area contributed by atoms with Crippen molar-refractivity contribution in [1.29, 1.82) is 0 Å². The van der Waals surface area contributed by atoms with Crippen molar-refractivity contribution in [3.8, 4) is 0 Å². The maximum absolute atomic E-state index is 14.5. The predicted molar refractivity (Wildman–Crippen MR) is 131 cm³/mol. The van der Waals surface area contributed by atoms with E-state index in [1.807, 2.05) is 21.9 Å². The maximum atomic E-state index is 14.5. The van der Waals surface area contributed by atoms with Crippen LogP contribution in [0.25, 0.3) is 5.65 Å². The topological polar surface area (TPSA) is 65.8 Å². The normalized spacial score (nSPS) is 21.1. The summed E-state index contributed by atoms with van der Waals surface area (Å²) in [5, 5.41) is 7.75. The number of hydrogen-bond donors (Lipinski definition) is 1. The molecule has 2 fully saturated rings. The highest BCUT2D eigenvalue weighted by Gasteiger charge is 2.35. The highest BCUT2D eigenvalue weighted by Crippen LogP contribution is 2.37. The minimum absolute atomic E-state index is 0.0143. The van der Waals surface area contributed by atoms with Crippen molar-refractivity contribution in [2.45, 2.75) is 65.0 Å². The molecule has 35 heavy (non-hydrogen) atoms. The number of nitrogens with zero attached hydrogens (tertiary/aromatic N) is 5. The van der Waals surface area contributed by atoms with Crippen LogP contribution in [0.5, 0.6) is 0 Å². The van der Waals surface area contributed by atoms with Crippen molar-refractivity contribution >= 4 is 23.3 Å². The third-order valence-electron chi connectivity index (χ3n) is 7.21. The summed E-state index contributed by atoms with van der Waals surface area (Å²) in [5.41, 5.74) is 0.921. The number of fused-ring (bicyclic) bond motifs is 1. The fourth-order valence-corrected chi connectivity index (χ4v) is 5.49. The Balaban J connectivity index is 1.42. The Kier molecular flexibility index (Phi) is 6.11. The molecule has 2 amide bonds. The molecule has 2 aliphatic heterocycles. The van der Waals surface area contributed by atoms with Crippen LogP contribution in [0.2, 0.25) is 0 Å². The molecule has 5 rings (SSSR count). The van der Waals surface area contributed by atoms with Gasteiger partial charge in [-0.1, -0.05) is 20.8 Å². The van der Waals surface area contributed by atoms with E-state index in [0.717, 1.165) is 38.3 Å². The van der Waals surface area contributed by atoms with Crippen molar-refractivity contribution in [3.05, 3.63) is 53.7 Å². The molecule has 2 aliphatic rings. The lowest BCUT2D eigenvalue weighted by Gasteiger charge is -2.43. The Labute approximate surface area is 204 Å². The van der Waals surface area contributed by atoms with Gasteiger partial charge in [0.25, 0.3) is 0 Å². The highest BCUT2D eigenvalue weighted by atomic mass is 19.1. The zero-order valence-corrected chi connectivity index (χ0v) is 20.5. The van der Waals surface area contributed by atoms with Crippen LogP contribution in [0.4, 0.5) is 25.2 Å². The molecule has 1 N–H and O–H groups in total. The van der Waals surface area contributed by atoms with Crippen molar-refractivity contribution in [2.24, 2.45) is 5.41 Å². The number of piperidine rings is 1. The fourth-order valence-electron chi connectivity index (χ4n) is 5.49. The summed E-state index contributed by atoms with van der Waals surface area (Å²) in [7, 11) is 0. The molecule has 2 aromatic heterocycles. The van der Waals surface area contributed by atoms with Gasteiger partial charge in [0.1, 0.15) is 17.5 Å². The summed E-state index contributed by atoms with van der Waals surface area (Å²) in [4.78, 5) is 21.6. The number of anilines is 2. The van der Waals surface area contributed by atoms with Gasteiger partial charge < -0.3 is 9.80 Å². The van der Waals surface area contributed by atoms with Crippen molar-refractivity contribution in [1.82, 2.24) is 19.5 Å². The number of carbonyl (C=O) groups is 1. The van der Waals surface area contributed by atoms with Crippen molar-refractivity contribution < 1.29 is 13.6 Å². The number of hydrogen-bond acceptors (Lipinski definition) is 4. The lowest BCUT2D eigenvalue weighted by atomic mass is 9.81.